The van der Waals surface area contributed by atoms with E-state index < -0.39 is 0 Å². The van der Waals surface area contributed by atoms with E-state index in [1.165, 1.54) is 0 Å². The molecule has 0 aliphatic rings. The largest absolute Gasteiger partial charge is 0.305 e. The summed E-state index contributed by atoms with van der Waals surface area (Å²) in [5.74, 6) is 0. The van der Waals surface area contributed by atoms with Crippen LogP contribution < -0.4 is 5.32 Å². The van der Waals surface area contributed by atoms with E-state index in [9.17, 15) is 4.39 Å². The van der Waals surface area contributed by atoms with Gasteiger partial charge >= 0.3 is 0 Å². The molecule has 5 nitrogen and oxygen atoms in total. The zero-order valence-electron chi connectivity index (χ0n) is 10.7. The molecule has 0 saturated heterocycles. The molecular weight excluding hydrogens is 233 g/mol. The molecule has 98 valence electrons. The zero-order chi connectivity index (χ0) is 13.0. The highest BCUT2D eigenvalue weighted by molar-refractivity contribution is 5.08. The third-order valence-corrected chi connectivity index (χ3v) is 2.72. The Morgan fingerprint density at radius 2 is 2.17 bits per heavy atom. The number of hydrogen-bond acceptors (Lipinski definition) is 3. The third-order valence-electron chi connectivity index (χ3n) is 2.72. The van der Waals surface area contributed by atoms with Crippen molar-refractivity contribution in [1.82, 2.24) is 24.9 Å². The smallest absolute Gasteiger partial charge is 0.109 e. The fraction of sp³-hybridized carbons (Fsp3) is 0.500. The molecule has 2 aromatic heterocycles. The molecule has 0 unspecified atom stereocenters. The molecule has 0 saturated carbocycles. The molecule has 18 heavy (non-hydrogen) atoms. The van der Waals surface area contributed by atoms with Crippen LogP contribution in [-0.2, 0) is 26.7 Å². The number of hydrogen-bond donors (Lipinski definition) is 1. The zero-order valence-corrected chi connectivity index (χ0v) is 10.7. The lowest BCUT2D eigenvalue weighted by atomic mass is 10.3. The Hall–Kier alpha value is -1.69. The molecule has 2 aromatic rings. The Balaban J connectivity index is 1.82. The maximum Gasteiger partial charge on any atom is 0.109 e. The predicted molar refractivity (Wildman–Crippen MR) is 66.7 cm³/mol. The first kappa shape index (κ1) is 12.8. The van der Waals surface area contributed by atoms with Crippen molar-refractivity contribution >= 4 is 0 Å². The monoisotopic (exact) mass is 251 g/mol. The van der Waals surface area contributed by atoms with Crippen molar-refractivity contribution in [1.29, 1.82) is 0 Å². The summed E-state index contributed by atoms with van der Waals surface area (Å²) in [6.45, 7) is 3.32. The molecule has 0 spiro atoms. The summed E-state index contributed by atoms with van der Waals surface area (Å²) in [6.07, 6.45) is 1.80. The lowest BCUT2D eigenvalue weighted by Gasteiger charge is -2.03. The second kappa shape index (κ2) is 5.77. The van der Waals surface area contributed by atoms with Crippen molar-refractivity contribution in [2.75, 3.05) is 6.67 Å². The maximum absolute atomic E-state index is 12.1. The third kappa shape index (κ3) is 3.16. The van der Waals surface area contributed by atoms with E-state index in [1.807, 2.05) is 24.7 Å². The van der Waals surface area contributed by atoms with Gasteiger partial charge in [0.15, 0.2) is 0 Å². The van der Waals surface area contributed by atoms with Crippen molar-refractivity contribution in [3.8, 4) is 0 Å². The molecule has 6 heteroatoms. The van der Waals surface area contributed by atoms with Crippen LogP contribution in [0.2, 0.25) is 0 Å². The van der Waals surface area contributed by atoms with Crippen LogP contribution in [0.3, 0.4) is 0 Å². The summed E-state index contributed by atoms with van der Waals surface area (Å²) < 4.78 is 15.6. The first-order valence-electron chi connectivity index (χ1n) is 5.97. The normalized spacial score (nSPS) is 11.1. The predicted octanol–water partition coefficient (Wildman–Crippen LogP) is 1.18. The lowest BCUT2D eigenvalue weighted by molar-refractivity contribution is 0.425. The van der Waals surface area contributed by atoms with Gasteiger partial charge in [0, 0.05) is 26.3 Å². The van der Waals surface area contributed by atoms with E-state index in [-0.39, 0.29) is 6.67 Å². The van der Waals surface area contributed by atoms with Crippen molar-refractivity contribution in [3.05, 3.63) is 35.4 Å². The van der Waals surface area contributed by atoms with Gasteiger partial charge in [-0.3, -0.25) is 9.36 Å². The van der Waals surface area contributed by atoms with Crippen LogP contribution in [0.1, 0.15) is 17.1 Å². The Kier molecular flexibility index (Phi) is 4.09. The number of aromatic nitrogens is 4. The van der Waals surface area contributed by atoms with Gasteiger partial charge in [0.2, 0.25) is 0 Å². The van der Waals surface area contributed by atoms with Gasteiger partial charge in [-0.25, -0.2) is 4.39 Å². The van der Waals surface area contributed by atoms with Crippen molar-refractivity contribution in [2.24, 2.45) is 7.05 Å². The highest BCUT2D eigenvalue weighted by Gasteiger charge is 2.02. The van der Waals surface area contributed by atoms with Gasteiger partial charge in [-0.15, -0.1) is 0 Å². The van der Waals surface area contributed by atoms with E-state index in [0.717, 1.165) is 23.6 Å². The summed E-state index contributed by atoms with van der Waals surface area (Å²) in [7, 11) is 1.93. The van der Waals surface area contributed by atoms with Gasteiger partial charge in [-0.2, -0.15) is 10.2 Å². The minimum absolute atomic E-state index is 0.320. The first-order chi connectivity index (χ1) is 8.69. The summed E-state index contributed by atoms with van der Waals surface area (Å²) in [4.78, 5) is 0. The maximum atomic E-state index is 12.1. The molecule has 0 amide bonds. The van der Waals surface area contributed by atoms with Crippen LogP contribution in [-0.4, -0.2) is 26.2 Å². The Morgan fingerprint density at radius 1 is 1.33 bits per heavy atom. The van der Waals surface area contributed by atoms with Crippen LogP contribution >= 0.6 is 0 Å². The van der Waals surface area contributed by atoms with E-state index in [4.69, 9.17) is 0 Å². The Bertz CT molecular complexity index is 502. The minimum Gasteiger partial charge on any atom is -0.305 e. The van der Waals surface area contributed by atoms with Crippen LogP contribution in [0.5, 0.6) is 0 Å². The van der Waals surface area contributed by atoms with Gasteiger partial charge in [-0.1, -0.05) is 0 Å². The van der Waals surface area contributed by atoms with Gasteiger partial charge in [0.25, 0.3) is 0 Å². The number of nitrogens with one attached hydrogen (secondary N) is 1. The topological polar surface area (TPSA) is 47.7 Å². The van der Waals surface area contributed by atoms with E-state index in [0.29, 0.717) is 13.1 Å². The molecule has 0 bridgehead atoms. The van der Waals surface area contributed by atoms with Gasteiger partial charge in [-0.05, 0) is 19.1 Å². The summed E-state index contributed by atoms with van der Waals surface area (Å²) in [6, 6.07) is 3.95. The van der Waals surface area contributed by atoms with Crippen LogP contribution in [0.4, 0.5) is 4.39 Å². The van der Waals surface area contributed by atoms with Crippen LogP contribution in [0.15, 0.2) is 18.3 Å². The molecule has 2 rings (SSSR count). The highest BCUT2D eigenvalue weighted by atomic mass is 19.1. The molecule has 1 N–H and O–H groups in total. The SMILES string of the molecule is Cc1cc(CNCc2ccn(CCF)n2)n(C)n1. The average molecular weight is 251 g/mol. The summed E-state index contributed by atoms with van der Waals surface area (Å²) in [5.41, 5.74) is 3.07. The molecule has 0 atom stereocenters. The number of rotatable bonds is 6. The minimum atomic E-state index is -0.386. The second-order valence-electron chi connectivity index (χ2n) is 4.26. The number of halogens is 1. The van der Waals surface area contributed by atoms with Gasteiger partial charge < -0.3 is 5.32 Å². The molecule has 0 aliphatic heterocycles. The Labute approximate surface area is 106 Å². The number of nitrogens with zero attached hydrogens (tertiary/aromatic N) is 4. The molecule has 0 fully saturated rings. The van der Waals surface area contributed by atoms with E-state index in [1.54, 1.807) is 10.9 Å². The van der Waals surface area contributed by atoms with Crippen molar-refractivity contribution < 1.29 is 4.39 Å². The molecule has 0 aromatic carbocycles. The lowest BCUT2D eigenvalue weighted by Crippen LogP contribution is -2.16. The van der Waals surface area contributed by atoms with Gasteiger partial charge in [0.05, 0.1) is 23.6 Å². The second-order valence-corrected chi connectivity index (χ2v) is 4.26. The number of aryl methyl sites for hydroxylation is 3. The van der Waals surface area contributed by atoms with Crippen LogP contribution in [0, 0.1) is 6.92 Å². The fourth-order valence-corrected chi connectivity index (χ4v) is 1.86. The average Bonchev–Trinajstić information content (AvgIpc) is 2.87. The molecule has 0 radical (unpaired) electrons. The quantitative estimate of drug-likeness (QED) is 0.838. The first-order valence-corrected chi connectivity index (χ1v) is 5.97. The number of alkyl halides is 1. The van der Waals surface area contributed by atoms with Crippen LogP contribution in [0.25, 0.3) is 0 Å². The van der Waals surface area contributed by atoms with E-state index in [2.05, 4.69) is 21.6 Å². The highest BCUT2D eigenvalue weighted by Crippen LogP contribution is 2.02. The van der Waals surface area contributed by atoms with Gasteiger partial charge in [0.1, 0.15) is 6.67 Å². The molecule has 2 heterocycles. The molecular formula is C12H18FN5. The summed E-state index contributed by atoms with van der Waals surface area (Å²) in [5, 5.41) is 11.8. The fourth-order valence-electron chi connectivity index (χ4n) is 1.86. The molecule has 0 aliphatic carbocycles. The van der Waals surface area contributed by atoms with E-state index >= 15 is 0 Å². The standard InChI is InChI=1S/C12H18FN5/c1-10-7-12(17(2)15-10)9-14-8-11-3-5-18(16-11)6-4-13/h3,5,7,14H,4,6,8-9H2,1-2H3. The summed E-state index contributed by atoms with van der Waals surface area (Å²) >= 11 is 0. The Morgan fingerprint density at radius 3 is 2.83 bits per heavy atom. The van der Waals surface area contributed by atoms with Crippen molar-refractivity contribution in [2.45, 2.75) is 26.6 Å². The van der Waals surface area contributed by atoms with Crippen molar-refractivity contribution in [3.63, 3.8) is 0 Å².